The Morgan fingerprint density at radius 3 is 2.93 bits per heavy atom. The van der Waals surface area contributed by atoms with Crippen molar-refractivity contribution in [3.8, 4) is 0 Å². The van der Waals surface area contributed by atoms with Crippen LogP contribution in [0.4, 0.5) is 0 Å². The monoisotopic (exact) mass is 220 g/mol. The lowest BCUT2D eigenvalue weighted by molar-refractivity contribution is 0.0606. The molecular weight excluding hydrogens is 212 g/mol. The van der Waals surface area contributed by atoms with E-state index < -0.39 is 0 Å². The lowest BCUT2D eigenvalue weighted by Crippen LogP contribution is -1.96. The van der Waals surface area contributed by atoms with Crippen LogP contribution in [-0.2, 0) is 4.74 Å². The highest BCUT2D eigenvalue weighted by molar-refractivity contribution is 7.20. The molecular formula is C11H8O3S. The second-order valence-corrected chi connectivity index (χ2v) is 4.06. The number of aldehydes is 1. The molecule has 0 fully saturated rings. The Hall–Kier alpha value is -1.68. The molecule has 15 heavy (non-hydrogen) atoms. The van der Waals surface area contributed by atoms with E-state index in [2.05, 4.69) is 4.74 Å². The molecule has 76 valence electrons. The summed E-state index contributed by atoms with van der Waals surface area (Å²) in [7, 11) is 1.34. The minimum absolute atomic E-state index is 0.368. The van der Waals surface area contributed by atoms with Gasteiger partial charge in [0, 0.05) is 15.6 Å². The molecule has 2 rings (SSSR count). The average Bonchev–Trinajstić information content (AvgIpc) is 2.71. The summed E-state index contributed by atoms with van der Waals surface area (Å²) in [6, 6.07) is 7.09. The maximum Gasteiger partial charge on any atom is 0.348 e. The highest BCUT2D eigenvalue weighted by atomic mass is 32.1. The molecule has 0 N–H and O–H groups in total. The molecule has 0 aliphatic heterocycles. The highest BCUT2D eigenvalue weighted by Gasteiger charge is 2.11. The number of fused-ring (bicyclic) bond motifs is 1. The Labute approximate surface area is 90.3 Å². The molecule has 4 heteroatoms. The van der Waals surface area contributed by atoms with Gasteiger partial charge >= 0.3 is 5.97 Å². The van der Waals surface area contributed by atoms with Crippen molar-refractivity contribution >= 4 is 33.7 Å². The van der Waals surface area contributed by atoms with Gasteiger partial charge in [-0.1, -0.05) is 12.1 Å². The van der Waals surface area contributed by atoms with Crippen molar-refractivity contribution in [1.29, 1.82) is 0 Å². The second kappa shape index (κ2) is 3.82. The summed E-state index contributed by atoms with van der Waals surface area (Å²) in [5.41, 5.74) is 0.596. The highest BCUT2D eigenvalue weighted by Crippen LogP contribution is 2.28. The van der Waals surface area contributed by atoms with E-state index in [0.717, 1.165) is 16.4 Å². The first-order valence-corrected chi connectivity index (χ1v) is 5.14. The second-order valence-electron chi connectivity index (χ2n) is 2.98. The van der Waals surface area contributed by atoms with Crippen LogP contribution in [0.15, 0.2) is 24.3 Å². The number of rotatable bonds is 2. The maximum absolute atomic E-state index is 11.3. The van der Waals surface area contributed by atoms with E-state index in [1.54, 1.807) is 18.2 Å². The van der Waals surface area contributed by atoms with Gasteiger partial charge in [-0.25, -0.2) is 4.79 Å². The molecule has 0 amide bonds. The SMILES string of the molecule is COC(=O)c1cc2c(C=O)cccc2s1. The van der Waals surface area contributed by atoms with Gasteiger partial charge in [0.15, 0.2) is 6.29 Å². The molecule has 0 spiro atoms. The zero-order valence-corrected chi connectivity index (χ0v) is 8.84. The predicted molar refractivity (Wildman–Crippen MR) is 58.6 cm³/mol. The first kappa shape index (κ1) is 9.86. The van der Waals surface area contributed by atoms with Gasteiger partial charge in [0.2, 0.25) is 0 Å². The van der Waals surface area contributed by atoms with Gasteiger partial charge in [-0.05, 0) is 12.1 Å². The summed E-state index contributed by atoms with van der Waals surface area (Å²) in [5.74, 6) is -0.368. The number of methoxy groups -OCH3 is 1. The van der Waals surface area contributed by atoms with Crippen molar-refractivity contribution in [3.63, 3.8) is 0 Å². The molecule has 1 aromatic carbocycles. The van der Waals surface area contributed by atoms with Crippen LogP contribution in [-0.4, -0.2) is 19.4 Å². The summed E-state index contributed by atoms with van der Waals surface area (Å²) < 4.78 is 5.54. The molecule has 1 heterocycles. The molecule has 0 radical (unpaired) electrons. The topological polar surface area (TPSA) is 43.4 Å². The summed E-state index contributed by atoms with van der Waals surface area (Å²) in [4.78, 5) is 22.6. The van der Waals surface area contributed by atoms with Crippen molar-refractivity contribution < 1.29 is 14.3 Å². The van der Waals surface area contributed by atoms with Crippen LogP contribution in [0.1, 0.15) is 20.0 Å². The largest absolute Gasteiger partial charge is 0.465 e. The smallest absolute Gasteiger partial charge is 0.348 e. The van der Waals surface area contributed by atoms with E-state index in [4.69, 9.17) is 0 Å². The van der Waals surface area contributed by atoms with Crippen molar-refractivity contribution in [1.82, 2.24) is 0 Å². The third-order valence-electron chi connectivity index (χ3n) is 2.11. The summed E-state index contributed by atoms with van der Waals surface area (Å²) in [6.07, 6.45) is 0.788. The molecule has 0 saturated heterocycles. The summed E-state index contributed by atoms with van der Waals surface area (Å²) in [6.45, 7) is 0. The lowest BCUT2D eigenvalue weighted by atomic mass is 10.1. The molecule has 0 aliphatic rings. The van der Waals surface area contributed by atoms with Crippen LogP contribution in [0.25, 0.3) is 10.1 Å². The fourth-order valence-corrected chi connectivity index (χ4v) is 2.40. The zero-order valence-electron chi connectivity index (χ0n) is 8.02. The standard InChI is InChI=1S/C11H8O3S/c1-14-11(13)10-5-8-7(6-12)3-2-4-9(8)15-10/h2-6H,1H3. The quantitative estimate of drug-likeness (QED) is 0.577. The molecule has 0 saturated carbocycles. The van der Waals surface area contributed by atoms with Gasteiger partial charge < -0.3 is 4.74 Å². The van der Waals surface area contributed by atoms with E-state index >= 15 is 0 Å². The van der Waals surface area contributed by atoms with Gasteiger partial charge in [-0.2, -0.15) is 0 Å². The third kappa shape index (κ3) is 1.64. The van der Waals surface area contributed by atoms with Crippen LogP contribution in [0, 0.1) is 0 Å². The summed E-state index contributed by atoms with van der Waals surface area (Å²) in [5, 5.41) is 0.804. The molecule has 2 aromatic rings. The van der Waals surface area contributed by atoms with Gasteiger partial charge in [0.05, 0.1) is 7.11 Å². The van der Waals surface area contributed by atoms with E-state index in [1.807, 2.05) is 6.07 Å². The van der Waals surface area contributed by atoms with Crippen molar-refractivity contribution in [2.45, 2.75) is 0 Å². The first-order valence-electron chi connectivity index (χ1n) is 4.32. The third-order valence-corrected chi connectivity index (χ3v) is 3.19. The summed E-state index contributed by atoms with van der Waals surface area (Å²) >= 11 is 1.33. The molecule has 1 aromatic heterocycles. The van der Waals surface area contributed by atoms with E-state index in [-0.39, 0.29) is 5.97 Å². The van der Waals surface area contributed by atoms with Crippen LogP contribution in [0.2, 0.25) is 0 Å². The van der Waals surface area contributed by atoms with Crippen molar-refractivity contribution in [2.75, 3.05) is 7.11 Å². The number of carbonyl (C=O) groups is 2. The van der Waals surface area contributed by atoms with Gasteiger partial charge in [0.1, 0.15) is 4.88 Å². The first-order chi connectivity index (χ1) is 7.26. The van der Waals surface area contributed by atoms with E-state index in [1.165, 1.54) is 18.4 Å². The Kier molecular flexibility index (Phi) is 2.51. The van der Waals surface area contributed by atoms with E-state index in [0.29, 0.717) is 10.4 Å². The number of ether oxygens (including phenoxy) is 1. The van der Waals surface area contributed by atoms with Crippen LogP contribution in [0.5, 0.6) is 0 Å². The number of carbonyl (C=O) groups excluding carboxylic acids is 2. The molecule has 3 nitrogen and oxygen atoms in total. The van der Waals surface area contributed by atoms with Gasteiger partial charge in [0.25, 0.3) is 0 Å². The molecule has 0 atom stereocenters. The van der Waals surface area contributed by atoms with Crippen LogP contribution >= 0.6 is 11.3 Å². The van der Waals surface area contributed by atoms with Crippen LogP contribution in [0.3, 0.4) is 0 Å². The van der Waals surface area contributed by atoms with Crippen LogP contribution < -0.4 is 0 Å². The molecule has 0 aliphatic carbocycles. The fourth-order valence-electron chi connectivity index (χ4n) is 1.39. The maximum atomic E-state index is 11.3. The van der Waals surface area contributed by atoms with Gasteiger partial charge in [-0.15, -0.1) is 11.3 Å². The lowest BCUT2D eigenvalue weighted by Gasteiger charge is -1.91. The van der Waals surface area contributed by atoms with Crippen molar-refractivity contribution in [3.05, 3.63) is 34.7 Å². The number of hydrogen-bond acceptors (Lipinski definition) is 4. The zero-order chi connectivity index (χ0) is 10.8. The Morgan fingerprint density at radius 2 is 2.27 bits per heavy atom. The molecule has 0 unspecified atom stereocenters. The minimum Gasteiger partial charge on any atom is -0.465 e. The molecule has 0 bridgehead atoms. The Balaban J connectivity index is 2.65. The predicted octanol–water partition coefficient (Wildman–Crippen LogP) is 2.50. The van der Waals surface area contributed by atoms with E-state index in [9.17, 15) is 9.59 Å². The number of esters is 1. The van der Waals surface area contributed by atoms with Gasteiger partial charge in [-0.3, -0.25) is 4.79 Å². The van der Waals surface area contributed by atoms with Crippen molar-refractivity contribution in [2.24, 2.45) is 0 Å². The Morgan fingerprint density at radius 1 is 1.47 bits per heavy atom. The normalized spacial score (nSPS) is 10.2. The average molecular weight is 220 g/mol. The fraction of sp³-hybridized carbons (Fsp3) is 0.0909. The number of benzene rings is 1. The minimum atomic E-state index is -0.368. The number of thiophene rings is 1. The number of hydrogen-bond donors (Lipinski definition) is 0. The Bertz CT molecular complexity index is 528.